The van der Waals surface area contributed by atoms with Gasteiger partial charge in [0.15, 0.2) is 0 Å². The summed E-state index contributed by atoms with van der Waals surface area (Å²) in [6.45, 7) is 2.13. The maximum atomic E-state index is 11.3. The summed E-state index contributed by atoms with van der Waals surface area (Å²) in [6, 6.07) is 6.75. The predicted octanol–water partition coefficient (Wildman–Crippen LogP) is 1.37. The second-order valence-electron chi connectivity index (χ2n) is 3.20. The SMILES string of the molecule is CC#CC(=O)N(C)Cc1ccc(O)cc1. The molecule has 0 bridgehead atoms. The number of benzene rings is 1. The van der Waals surface area contributed by atoms with E-state index < -0.39 is 0 Å². The van der Waals surface area contributed by atoms with Gasteiger partial charge in [0.05, 0.1) is 0 Å². The van der Waals surface area contributed by atoms with Gasteiger partial charge in [0.2, 0.25) is 0 Å². The minimum Gasteiger partial charge on any atom is -0.508 e. The van der Waals surface area contributed by atoms with Crippen molar-refractivity contribution in [3.8, 4) is 17.6 Å². The van der Waals surface area contributed by atoms with E-state index in [0.29, 0.717) is 6.54 Å². The number of nitrogens with zero attached hydrogens (tertiary/aromatic N) is 1. The van der Waals surface area contributed by atoms with Crippen LogP contribution in [0.1, 0.15) is 12.5 Å². The standard InChI is InChI=1S/C12H13NO2/c1-3-4-12(15)13(2)9-10-5-7-11(14)8-6-10/h5-8,14H,9H2,1-2H3. The van der Waals surface area contributed by atoms with Gasteiger partial charge in [-0.05, 0) is 30.5 Å². The van der Waals surface area contributed by atoms with Crippen molar-refractivity contribution in [1.82, 2.24) is 4.90 Å². The van der Waals surface area contributed by atoms with Crippen LogP contribution >= 0.6 is 0 Å². The molecule has 0 spiro atoms. The summed E-state index contributed by atoms with van der Waals surface area (Å²) in [5.74, 6) is 5.05. The molecule has 1 N–H and O–H groups in total. The lowest BCUT2D eigenvalue weighted by molar-refractivity contribution is -0.124. The second kappa shape index (κ2) is 5.06. The molecule has 0 atom stereocenters. The molecule has 0 saturated heterocycles. The van der Waals surface area contributed by atoms with E-state index in [4.69, 9.17) is 5.11 Å². The van der Waals surface area contributed by atoms with Gasteiger partial charge in [0.25, 0.3) is 5.91 Å². The van der Waals surface area contributed by atoms with Crippen molar-refractivity contribution in [1.29, 1.82) is 0 Å². The first-order chi connectivity index (χ1) is 7.13. The topological polar surface area (TPSA) is 40.5 Å². The molecule has 0 saturated carbocycles. The Morgan fingerprint density at radius 3 is 2.53 bits per heavy atom. The first-order valence-electron chi connectivity index (χ1n) is 4.59. The molecule has 1 amide bonds. The maximum Gasteiger partial charge on any atom is 0.298 e. The van der Waals surface area contributed by atoms with Crippen LogP contribution in [-0.4, -0.2) is 23.0 Å². The summed E-state index contributed by atoms with van der Waals surface area (Å²) in [4.78, 5) is 12.8. The number of carbonyl (C=O) groups is 1. The van der Waals surface area contributed by atoms with Crippen LogP contribution < -0.4 is 0 Å². The molecule has 0 aromatic heterocycles. The van der Waals surface area contributed by atoms with E-state index in [2.05, 4.69) is 11.8 Å². The van der Waals surface area contributed by atoms with E-state index in [1.54, 1.807) is 38.2 Å². The summed E-state index contributed by atoms with van der Waals surface area (Å²) in [7, 11) is 1.69. The number of hydrogen-bond acceptors (Lipinski definition) is 2. The molecule has 0 aliphatic rings. The molecule has 3 nitrogen and oxygen atoms in total. The molecule has 1 aromatic rings. The number of aromatic hydroxyl groups is 1. The van der Waals surface area contributed by atoms with E-state index >= 15 is 0 Å². The van der Waals surface area contributed by atoms with Crippen molar-refractivity contribution in [2.45, 2.75) is 13.5 Å². The number of amides is 1. The molecule has 0 fully saturated rings. The molecule has 0 heterocycles. The largest absolute Gasteiger partial charge is 0.508 e. The highest BCUT2D eigenvalue weighted by Gasteiger charge is 2.05. The predicted molar refractivity (Wildman–Crippen MR) is 58.0 cm³/mol. The van der Waals surface area contributed by atoms with Crippen molar-refractivity contribution in [3.05, 3.63) is 29.8 Å². The molecule has 78 valence electrons. The van der Waals surface area contributed by atoms with E-state index in [0.717, 1.165) is 5.56 Å². The maximum absolute atomic E-state index is 11.3. The summed E-state index contributed by atoms with van der Waals surface area (Å²) in [5, 5.41) is 9.08. The van der Waals surface area contributed by atoms with Crippen LogP contribution in [-0.2, 0) is 11.3 Å². The van der Waals surface area contributed by atoms with E-state index in [1.807, 2.05) is 0 Å². The number of rotatable bonds is 2. The van der Waals surface area contributed by atoms with Gasteiger partial charge in [-0.15, -0.1) is 0 Å². The van der Waals surface area contributed by atoms with Crippen LogP contribution in [0.4, 0.5) is 0 Å². The summed E-state index contributed by atoms with van der Waals surface area (Å²) >= 11 is 0. The van der Waals surface area contributed by atoms with E-state index in [9.17, 15) is 4.79 Å². The summed E-state index contributed by atoms with van der Waals surface area (Å²) < 4.78 is 0. The van der Waals surface area contributed by atoms with Gasteiger partial charge >= 0.3 is 0 Å². The third kappa shape index (κ3) is 3.35. The minimum absolute atomic E-state index is 0.203. The zero-order valence-electron chi connectivity index (χ0n) is 8.82. The molecule has 0 radical (unpaired) electrons. The van der Waals surface area contributed by atoms with Crippen molar-refractivity contribution >= 4 is 5.91 Å². The van der Waals surface area contributed by atoms with Crippen LogP contribution in [0.3, 0.4) is 0 Å². The van der Waals surface area contributed by atoms with Crippen LogP contribution in [0, 0.1) is 11.8 Å². The Bertz CT molecular complexity index is 398. The lowest BCUT2D eigenvalue weighted by Gasteiger charge is -2.13. The van der Waals surface area contributed by atoms with Crippen LogP contribution in [0.15, 0.2) is 24.3 Å². The van der Waals surface area contributed by atoms with Gasteiger partial charge in [-0.1, -0.05) is 18.1 Å². The number of phenols is 1. The Labute approximate surface area is 89.3 Å². The molecule has 1 rings (SSSR count). The highest BCUT2D eigenvalue weighted by Crippen LogP contribution is 2.10. The molecule has 15 heavy (non-hydrogen) atoms. The fraction of sp³-hybridized carbons (Fsp3) is 0.250. The molecule has 3 heteroatoms. The van der Waals surface area contributed by atoms with Crippen molar-refractivity contribution in [2.75, 3.05) is 7.05 Å². The lowest BCUT2D eigenvalue weighted by atomic mass is 10.2. The van der Waals surface area contributed by atoms with Crippen molar-refractivity contribution < 1.29 is 9.90 Å². The average molecular weight is 203 g/mol. The van der Waals surface area contributed by atoms with Crippen LogP contribution in [0.2, 0.25) is 0 Å². The van der Waals surface area contributed by atoms with Gasteiger partial charge in [-0.3, -0.25) is 4.79 Å². The Morgan fingerprint density at radius 2 is 2.00 bits per heavy atom. The summed E-state index contributed by atoms with van der Waals surface area (Å²) in [6.07, 6.45) is 0. The third-order valence-corrected chi connectivity index (χ3v) is 1.93. The smallest absolute Gasteiger partial charge is 0.298 e. The fourth-order valence-electron chi connectivity index (χ4n) is 1.15. The van der Waals surface area contributed by atoms with Crippen molar-refractivity contribution in [3.63, 3.8) is 0 Å². The Morgan fingerprint density at radius 1 is 1.40 bits per heavy atom. The van der Waals surface area contributed by atoms with E-state index in [-0.39, 0.29) is 11.7 Å². The fourth-order valence-corrected chi connectivity index (χ4v) is 1.15. The van der Waals surface area contributed by atoms with Gasteiger partial charge in [0, 0.05) is 13.6 Å². The molecule has 0 unspecified atom stereocenters. The van der Waals surface area contributed by atoms with E-state index in [1.165, 1.54) is 4.90 Å². The molecule has 0 aliphatic heterocycles. The normalized spacial score (nSPS) is 8.93. The first-order valence-corrected chi connectivity index (χ1v) is 4.59. The minimum atomic E-state index is -0.203. The first kappa shape index (κ1) is 11.1. The lowest BCUT2D eigenvalue weighted by Crippen LogP contribution is -2.24. The second-order valence-corrected chi connectivity index (χ2v) is 3.20. The van der Waals surface area contributed by atoms with Crippen LogP contribution in [0.25, 0.3) is 0 Å². The van der Waals surface area contributed by atoms with Gasteiger partial charge < -0.3 is 10.0 Å². The molecular formula is C12H13NO2. The molecule has 1 aromatic carbocycles. The Hall–Kier alpha value is -1.95. The molecular weight excluding hydrogens is 190 g/mol. The van der Waals surface area contributed by atoms with Gasteiger partial charge in [-0.25, -0.2) is 0 Å². The molecule has 0 aliphatic carbocycles. The van der Waals surface area contributed by atoms with Gasteiger partial charge in [-0.2, -0.15) is 0 Å². The Kier molecular flexibility index (Phi) is 3.75. The zero-order valence-corrected chi connectivity index (χ0v) is 8.82. The van der Waals surface area contributed by atoms with Crippen molar-refractivity contribution in [2.24, 2.45) is 0 Å². The number of hydrogen-bond donors (Lipinski definition) is 1. The van der Waals surface area contributed by atoms with Crippen LogP contribution in [0.5, 0.6) is 5.75 Å². The Balaban J connectivity index is 2.64. The number of carbonyl (C=O) groups excluding carboxylic acids is 1. The quantitative estimate of drug-likeness (QED) is 0.737. The highest BCUT2D eigenvalue weighted by atomic mass is 16.3. The zero-order chi connectivity index (χ0) is 11.3. The monoisotopic (exact) mass is 203 g/mol. The number of phenolic OH excluding ortho intramolecular Hbond substituents is 1. The highest BCUT2D eigenvalue weighted by molar-refractivity contribution is 5.93. The average Bonchev–Trinajstić information content (AvgIpc) is 2.22. The van der Waals surface area contributed by atoms with Gasteiger partial charge in [0.1, 0.15) is 5.75 Å². The summed E-state index contributed by atoms with van der Waals surface area (Å²) in [5.41, 5.74) is 0.960. The third-order valence-electron chi connectivity index (χ3n) is 1.93.